The monoisotopic (exact) mass is 237 g/mol. The molecule has 0 aliphatic heterocycles. The van der Waals surface area contributed by atoms with Gasteiger partial charge in [-0.1, -0.05) is 6.92 Å². The maximum absolute atomic E-state index is 10.9. The first-order chi connectivity index (χ1) is 8.04. The Labute approximate surface area is 96.9 Å². The van der Waals surface area contributed by atoms with Crippen LogP contribution in [0, 0.1) is 10.1 Å². The largest absolute Gasteiger partial charge is 0.502 e. The maximum atomic E-state index is 10.9. The molecule has 1 amide bonds. The molecule has 0 atom stereocenters. The van der Waals surface area contributed by atoms with Crippen molar-refractivity contribution in [3.05, 3.63) is 33.9 Å². The fraction of sp³-hybridized carbons (Fsp3) is 0.200. The first-order valence-electron chi connectivity index (χ1n) is 4.84. The maximum Gasteiger partial charge on any atom is 0.311 e. The van der Waals surface area contributed by atoms with Gasteiger partial charge in [0.05, 0.1) is 11.1 Å². The fourth-order valence-electron chi connectivity index (χ4n) is 1.02. The zero-order valence-electron chi connectivity index (χ0n) is 9.08. The zero-order valence-corrected chi connectivity index (χ0v) is 9.08. The molecule has 17 heavy (non-hydrogen) atoms. The second kappa shape index (κ2) is 5.59. The van der Waals surface area contributed by atoms with Crippen LogP contribution in [0.3, 0.4) is 0 Å². The summed E-state index contributed by atoms with van der Waals surface area (Å²) in [6.07, 6.45) is 1.56. The minimum Gasteiger partial charge on any atom is -0.502 e. The van der Waals surface area contributed by atoms with E-state index in [4.69, 9.17) is 0 Å². The van der Waals surface area contributed by atoms with Crippen LogP contribution < -0.4 is 5.43 Å². The Kier molecular flexibility index (Phi) is 4.15. The summed E-state index contributed by atoms with van der Waals surface area (Å²) in [5, 5.41) is 23.3. The summed E-state index contributed by atoms with van der Waals surface area (Å²) >= 11 is 0. The van der Waals surface area contributed by atoms with Gasteiger partial charge in [-0.2, -0.15) is 5.10 Å². The zero-order chi connectivity index (χ0) is 12.8. The van der Waals surface area contributed by atoms with Gasteiger partial charge in [0.2, 0.25) is 5.91 Å². The summed E-state index contributed by atoms with van der Waals surface area (Å²) in [6.45, 7) is 1.68. The molecule has 0 aromatic heterocycles. The van der Waals surface area contributed by atoms with E-state index in [2.05, 4.69) is 10.5 Å². The van der Waals surface area contributed by atoms with Crippen LogP contribution in [0.2, 0.25) is 0 Å². The summed E-state index contributed by atoms with van der Waals surface area (Å²) in [4.78, 5) is 20.7. The number of nitro benzene ring substituents is 1. The molecular weight excluding hydrogens is 226 g/mol. The van der Waals surface area contributed by atoms with Crippen molar-refractivity contribution in [1.82, 2.24) is 5.43 Å². The summed E-state index contributed by atoms with van der Waals surface area (Å²) in [5.74, 6) is -0.667. The second-order valence-corrected chi connectivity index (χ2v) is 3.15. The Morgan fingerprint density at radius 2 is 2.35 bits per heavy atom. The van der Waals surface area contributed by atoms with E-state index in [1.165, 1.54) is 18.3 Å². The lowest BCUT2D eigenvalue weighted by molar-refractivity contribution is -0.385. The molecule has 1 aromatic carbocycles. The van der Waals surface area contributed by atoms with E-state index >= 15 is 0 Å². The van der Waals surface area contributed by atoms with Crippen LogP contribution in [0.25, 0.3) is 0 Å². The van der Waals surface area contributed by atoms with Gasteiger partial charge in [0.1, 0.15) is 0 Å². The number of hydrazone groups is 1. The molecule has 2 N–H and O–H groups in total. The van der Waals surface area contributed by atoms with Crippen molar-refractivity contribution in [2.24, 2.45) is 5.10 Å². The normalized spacial score (nSPS) is 10.4. The molecule has 0 aliphatic rings. The number of phenols is 1. The number of nitrogens with zero attached hydrogens (tertiary/aromatic N) is 2. The Morgan fingerprint density at radius 3 is 2.94 bits per heavy atom. The molecule has 0 spiro atoms. The highest BCUT2D eigenvalue weighted by molar-refractivity contribution is 5.83. The molecule has 0 aliphatic carbocycles. The molecule has 0 fully saturated rings. The number of carbonyl (C=O) groups is 1. The third kappa shape index (κ3) is 3.56. The predicted molar refractivity (Wildman–Crippen MR) is 60.8 cm³/mol. The van der Waals surface area contributed by atoms with Crippen LogP contribution in [0.4, 0.5) is 5.69 Å². The highest BCUT2D eigenvalue weighted by Crippen LogP contribution is 2.25. The van der Waals surface area contributed by atoms with Crippen LogP contribution in [0.1, 0.15) is 18.9 Å². The van der Waals surface area contributed by atoms with Crippen molar-refractivity contribution in [2.75, 3.05) is 0 Å². The van der Waals surface area contributed by atoms with Crippen LogP contribution in [-0.2, 0) is 4.79 Å². The highest BCUT2D eigenvalue weighted by atomic mass is 16.6. The van der Waals surface area contributed by atoms with E-state index in [9.17, 15) is 20.0 Å². The van der Waals surface area contributed by atoms with E-state index in [1.807, 2.05) is 0 Å². The Morgan fingerprint density at radius 1 is 1.65 bits per heavy atom. The van der Waals surface area contributed by atoms with E-state index in [0.29, 0.717) is 12.0 Å². The van der Waals surface area contributed by atoms with Gasteiger partial charge >= 0.3 is 5.69 Å². The molecule has 90 valence electrons. The molecule has 1 rings (SSSR count). The lowest BCUT2D eigenvalue weighted by Crippen LogP contribution is -2.15. The van der Waals surface area contributed by atoms with Gasteiger partial charge in [-0.25, -0.2) is 5.43 Å². The number of hydrogen-bond acceptors (Lipinski definition) is 5. The number of nitro groups is 1. The molecular formula is C10H11N3O4. The average molecular weight is 237 g/mol. The number of phenolic OH excluding ortho intramolecular Hbond substituents is 1. The van der Waals surface area contributed by atoms with Gasteiger partial charge in [0.25, 0.3) is 0 Å². The Balaban J connectivity index is 2.82. The number of nitrogens with one attached hydrogen (secondary N) is 1. The number of benzene rings is 1. The number of carbonyl (C=O) groups excluding carboxylic acids is 1. The first kappa shape index (κ1) is 12.6. The molecule has 0 unspecified atom stereocenters. The summed E-state index contributed by atoms with van der Waals surface area (Å²) < 4.78 is 0. The van der Waals surface area contributed by atoms with E-state index in [-0.39, 0.29) is 5.91 Å². The van der Waals surface area contributed by atoms with Gasteiger partial charge in [-0.05, 0) is 12.1 Å². The summed E-state index contributed by atoms with van der Waals surface area (Å²) in [5.41, 5.74) is 2.24. The average Bonchev–Trinajstić information content (AvgIpc) is 2.30. The van der Waals surface area contributed by atoms with Crippen LogP contribution >= 0.6 is 0 Å². The predicted octanol–water partition coefficient (Wildman–Crippen LogP) is 1.16. The van der Waals surface area contributed by atoms with E-state index in [0.717, 1.165) is 6.07 Å². The van der Waals surface area contributed by atoms with Crippen molar-refractivity contribution >= 4 is 17.8 Å². The highest BCUT2D eigenvalue weighted by Gasteiger charge is 2.12. The van der Waals surface area contributed by atoms with Crippen LogP contribution in [0.5, 0.6) is 5.75 Å². The molecule has 1 aromatic rings. The fourth-order valence-corrected chi connectivity index (χ4v) is 1.02. The summed E-state index contributed by atoms with van der Waals surface area (Å²) in [7, 11) is 0. The third-order valence-electron chi connectivity index (χ3n) is 1.92. The van der Waals surface area contributed by atoms with Gasteiger partial charge in [-0.15, -0.1) is 0 Å². The lowest BCUT2D eigenvalue weighted by Gasteiger charge is -1.98. The number of amides is 1. The topological polar surface area (TPSA) is 105 Å². The van der Waals surface area contributed by atoms with Gasteiger partial charge in [-0.3, -0.25) is 14.9 Å². The van der Waals surface area contributed by atoms with Gasteiger partial charge in [0, 0.05) is 18.1 Å². The quantitative estimate of drug-likeness (QED) is 0.465. The van der Waals surface area contributed by atoms with Crippen LogP contribution in [-0.4, -0.2) is 22.2 Å². The minimum absolute atomic E-state index is 0.255. The SMILES string of the molecule is CCC(=O)N/N=C\c1ccc(O)c([N+](=O)[O-])c1. The Bertz CT molecular complexity index is 471. The standard InChI is InChI=1S/C10H11N3O4/c1-2-10(15)12-11-6-7-3-4-9(14)8(5-7)13(16)17/h3-6,14H,2H2,1H3,(H,12,15)/b11-6-. The summed E-state index contributed by atoms with van der Waals surface area (Å²) in [6, 6.07) is 3.81. The third-order valence-corrected chi connectivity index (χ3v) is 1.92. The Hall–Kier alpha value is -2.44. The van der Waals surface area contributed by atoms with Gasteiger partial charge in [0.15, 0.2) is 5.75 Å². The second-order valence-electron chi connectivity index (χ2n) is 3.15. The van der Waals surface area contributed by atoms with E-state index < -0.39 is 16.4 Å². The minimum atomic E-state index is -0.697. The molecule has 0 saturated carbocycles. The molecule has 7 nitrogen and oxygen atoms in total. The first-order valence-corrected chi connectivity index (χ1v) is 4.84. The number of hydrogen-bond donors (Lipinski definition) is 2. The number of aromatic hydroxyl groups is 1. The van der Waals surface area contributed by atoms with Crippen LogP contribution in [0.15, 0.2) is 23.3 Å². The lowest BCUT2D eigenvalue weighted by atomic mass is 10.2. The van der Waals surface area contributed by atoms with Crippen molar-refractivity contribution < 1.29 is 14.8 Å². The molecule has 0 radical (unpaired) electrons. The van der Waals surface area contributed by atoms with Crippen molar-refractivity contribution in [2.45, 2.75) is 13.3 Å². The smallest absolute Gasteiger partial charge is 0.311 e. The molecule has 0 bridgehead atoms. The number of rotatable bonds is 4. The molecule has 0 heterocycles. The van der Waals surface area contributed by atoms with Crippen molar-refractivity contribution in [1.29, 1.82) is 0 Å². The van der Waals surface area contributed by atoms with E-state index in [1.54, 1.807) is 6.92 Å². The molecule has 7 heteroatoms. The van der Waals surface area contributed by atoms with Crippen molar-refractivity contribution in [3.63, 3.8) is 0 Å². The van der Waals surface area contributed by atoms with Gasteiger partial charge < -0.3 is 5.11 Å². The molecule has 0 saturated heterocycles. The van der Waals surface area contributed by atoms with Crippen molar-refractivity contribution in [3.8, 4) is 5.75 Å².